The third-order valence-corrected chi connectivity index (χ3v) is 2.89. The number of aromatic carboxylic acids is 1. The van der Waals surface area contributed by atoms with E-state index in [2.05, 4.69) is 4.98 Å². The van der Waals surface area contributed by atoms with Gasteiger partial charge >= 0.3 is 12.1 Å². The summed E-state index contributed by atoms with van der Waals surface area (Å²) in [5, 5.41) is 9.05. The molecule has 0 saturated heterocycles. The lowest BCUT2D eigenvalue weighted by Crippen LogP contribution is -2.10. The summed E-state index contributed by atoms with van der Waals surface area (Å²) in [6, 6.07) is 4.65. The summed E-state index contributed by atoms with van der Waals surface area (Å²) < 4.78 is 51.8. The fourth-order valence-electron chi connectivity index (χ4n) is 1.83. The quantitative estimate of drug-likeness (QED) is 0.855. The van der Waals surface area contributed by atoms with Crippen LogP contribution < -0.4 is 0 Å². The highest BCUT2D eigenvalue weighted by atomic mass is 19.4. The van der Waals surface area contributed by atoms with Crippen LogP contribution >= 0.6 is 0 Å². The van der Waals surface area contributed by atoms with Gasteiger partial charge in [0.05, 0.1) is 16.8 Å². The van der Waals surface area contributed by atoms with Crippen LogP contribution in [0, 0.1) is 12.7 Å². The van der Waals surface area contributed by atoms with Crippen LogP contribution in [0.5, 0.6) is 0 Å². The lowest BCUT2D eigenvalue weighted by Gasteiger charge is -2.11. The van der Waals surface area contributed by atoms with Gasteiger partial charge in [0.1, 0.15) is 5.82 Å². The van der Waals surface area contributed by atoms with Gasteiger partial charge in [-0.15, -0.1) is 0 Å². The number of benzene rings is 1. The van der Waals surface area contributed by atoms with Crippen LogP contribution in [0.25, 0.3) is 11.3 Å². The summed E-state index contributed by atoms with van der Waals surface area (Å²) in [4.78, 5) is 14.6. The predicted molar refractivity (Wildman–Crippen MR) is 66.3 cm³/mol. The first-order valence-electron chi connectivity index (χ1n) is 5.78. The number of halogens is 4. The zero-order chi connectivity index (χ0) is 15.8. The fraction of sp³-hybridized carbons (Fsp3) is 0.143. The molecule has 3 nitrogen and oxygen atoms in total. The first-order chi connectivity index (χ1) is 9.71. The average molecular weight is 299 g/mol. The van der Waals surface area contributed by atoms with Gasteiger partial charge in [0.15, 0.2) is 0 Å². The first kappa shape index (κ1) is 15.0. The number of hydrogen-bond donors (Lipinski definition) is 1. The van der Waals surface area contributed by atoms with Gasteiger partial charge in [-0.3, -0.25) is 4.98 Å². The molecule has 1 heterocycles. The van der Waals surface area contributed by atoms with E-state index in [4.69, 9.17) is 5.11 Å². The number of hydrogen-bond acceptors (Lipinski definition) is 2. The molecule has 0 aliphatic heterocycles. The summed E-state index contributed by atoms with van der Waals surface area (Å²) >= 11 is 0. The largest absolute Gasteiger partial charge is 0.478 e. The number of carbonyl (C=O) groups is 1. The van der Waals surface area contributed by atoms with Crippen molar-refractivity contribution < 1.29 is 27.5 Å². The molecule has 0 radical (unpaired) electrons. The topological polar surface area (TPSA) is 50.2 Å². The molecule has 0 fully saturated rings. The van der Waals surface area contributed by atoms with E-state index in [1.165, 1.54) is 25.1 Å². The third kappa shape index (κ3) is 2.86. The molecular weight excluding hydrogens is 290 g/mol. The number of pyridine rings is 1. The molecule has 2 rings (SSSR count). The van der Waals surface area contributed by atoms with Crippen LogP contribution in [0.3, 0.4) is 0 Å². The van der Waals surface area contributed by atoms with E-state index >= 15 is 0 Å². The number of nitrogens with zero attached hydrogens (tertiary/aromatic N) is 1. The zero-order valence-corrected chi connectivity index (χ0v) is 10.7. The van der Waals surface area contributed by atoms with E-state index < -0.39 is 29.1 Å². The molecule has 0 saturated carbocycles. The van der Waals surface area contributed by atoms with Crippen LogP contribution in [-0.4, -0.2) is 16.1 Å². The van der Waals surface area contributed by atoms with Crippen LogP contribution in [0.4, 0.5) is 17.6 Å². The number of carboxylic acid groups (broad SMARTS) is 1. The predicted octanol–water partition coefficient (Wildman–Crippen LogP) is 3.91. The van der Waals surface area contributed by atoms with E-state index in [0.717, 1.165) is 0 Å². The average Bonchev–Trinajstić information content (AvgIpc) is 2.40. The van der Waals surface area contributed by atoms with Crippen molar-refractivity contribution in [2.75, 3.05) is 0 Å². The molecule has 1 aromatic heterocycles. The van der Waals surface area contributed by atoms with Gasteiger partial charge in [-0.25, -0.2) is 9.18 Å². The van der Waals surface area contributed by atoms with E-state index in [-0.39, 0.29) is 16.8 Å². The monoisotopic (exact) mass is 299 g/mol. The van der Waals surface area contributed by atoms with Gasteiger partial charge in [0, 0.05) is 11.8 Å². The van der Waals surface area contributed by atoms with Crippen molar-refractivity contribution in [3.63, 3.8) is 0 Å². The van der Waals surface area contributed by atoms with Crippen LogP contribution in [0.2, 0.25) is 0 Å². The van der Waals surface area contributed by atoms with E-state index in [1.54, 1.807) is 0 Å². The summed E-state index contributed by atoms with van der Waals surface area (Å²) in [5.74, 6) is -2.32. The molecule has 0 unspecified atom stereocenters. The van der Waals surface area contributed by atoms with Crippen molar-refractivity contribution in [1.29, 1.82) is 0 Å². The minimum Gasteiger partial charge on any atom is -0.478 e. The highest BCUT2D eigenvalue weighted by Gasteiger charge is 2.33. The second-order valence-electron chi connectivity index (χ2n) is 4.36. The maximum absolute atomic E-state index is 14.0. The lowest BCUT2D eigenvalue weighted by molar-refractivity contribution is -0.137. The van der Waals surface area contributed by atoms with E-state index in [9.17, 15) is 22.4 Å². The molecule has 0 bridgehead atoms. The zero-order valence-electron chi connectivity index (χ0n) is 10.7. The number of carboxylic acids is 1. The minimum atomic E-state index is -4.72. The summed E-state index contributed by atoms with van der Waals surface area (Å²) in [5.41, 5.74) is -2.14. The van der Waals surface area contributed by atoms with Gasteiger partial charge in [-0.2, -0.15) is 13.2 Å². The van der Waals surface area contributed by atoms with Crippen molar-refractivity contribution in [1.82, 2.24) is 4.98 Å². The first-order valence-corrected chi connectivity index (χ1v) is 5.78. The van der Waals surface area contributed by atoms with Gasteiger partial charge in [0.25, 0.3) is 0 Å². The van der Waals surface area contributed by atoms with Crippen molar-refractivity contribution in [3.05, 3.63) is 53.0 Å². The summed E-state index contributed by atoms with van der Waals surface area (Å²) in [6.07, 6.45) is -4.23. The molecule has 0 atom stereocenters. The van der Waals surface area contributed by atoms with Crippen molar-refractivity contribution in [2.24, 2.45) is 0 Å². The van der Waals surface area contributed by atoms with Gasteiger partial charge in [0.2, 0.25) is 0 Å². The molecule has 110 valence electrons. The molecular formula is C14H9F4NO2. The Labute approximate surface area is 116 Å². The Morgan fingerprint density at radius 3 is 2.52 bits per heavy atom. The normalized spacial score (nSPS) is 11.5. The Balaban J connectivity index is 2.70. The Morgan fingerprint density at radius 2 is 1.95 bits per heavy atom. The molecule has 0 spiro atoms. The highest BCUT2D eigenvalue weighted by Crippen LogP contribution is 2.33. The number of aryl methyl sites for hydroxylation is 1. The van der Waals surface area contributed by atoms with Gasteiger partial charge in [-0.05, 0) is 24.6 Å². The maximum atomic E-state index is 14.0. The standard InChI is InChI=1S/C14H9F4NO2/c1-7-3-2-4-9(11(7)15)12-10(13(20)21)5-8(6-19-12)14(16,17)18/h2-6H,1H3,(H,20,21). The minimum absolute atomic E-state index is 0.152. The second-order valence-corrected chi connectivity index (χ2v) is 4.36. The number of alkyl halides is 3. The van der Waals surface area contributed by atoms with E-state index in [0.29, 0.717) is 12.3 Å². The number of rotatable bonds is 2. The van der Waals surface area contributed by atoms with Crippen molar-refractivity contribution >= 4 is 5.97 Å². The maximum Gasteiger partial charge on any atom is 0.417 e. The fourth-order valence-corrected chi connectivity index (χ4v) is 1.83. The third-order valence-electron chi connectivity index (χ3n) is 2.89. The van der Waals surface area contributed by atoms with Crippen LogP contribution in [0.1, 0.15) is 21.5 Å². The molecule has 1 aromatic carbocycles. The SMILES string of the molecule is Cc1cccc(-c2ncc(C(F)(F)F)cc2C(=O)O)c1F. The molecule has 0 aliphatic carbocycles. The molecule has 0 aliphatic rings. The number of aromatic nitrogens is 1. The molecule has 1 N–H and O–H groups in total. The molecule has 21 heavy (non-hydrogen) atoms. The molecule has 7 heteroatoms. The summed E-state index contributed by atoms with van der Waals surface area (Å²) in [6.45, 7) is 1.46. The highest BCUT2D eigenvalue weighted by molar-refractivity contribution is 5.95. The van der Waals surface area contributed by atoms with Crippen molar-refractivity contribution in [2.45, 2.75) is 13.1 Å². The molecule has 0 amide bonds. The molecule has 2 aromatic rings. The lowest BCUT2D eigenvalue weighted by atomic mass is 10.0. The van der Waals surface area contributed by atoms with Gasteiger partial charge < -0.3 is 5.11 Å². The Hall–Kier alpha value is -2.44. The van der Waals surface area contributed by atoms with E-state index in [1.807, 2.05) is 0 Å². The van der Waals surface area contributed by atoms with Crippen molar-refractivity contribution in [3.8, 4) is 11.3 Å². The Morgan fingerprint density at radius 1 is 1.29 bits per heavy atom. The Bertz CT molecular complexity index is 711. The summed E-state index contributed by atoms with van der Waals surface area (Å²) in [7, 11) is 0. The van der Waals surface area contributed by atoms with Crippen LogP contribution in [0.15, 0.2) is 30.5 Å². The van der Waals surface area contributed by atoms with Crippen LogP contribution in [-0.2, 0) is 6.18 Å². The van der Waals surface area contributed by atoms with Gasteiger partial charge in [-0.1, -0.05) is 12.1 Å². The second kappa shape index (κ2) is 5.16. The Kier molecular flexibility index (Phi) is 3.67. The smallest absolute Gasteiger partial charge is 0.417 e.